The molecule has 0 amide bonds. The van der Waals surface area contributed by atoms with Crippen molar-refractivity contribution in [3.05, 3.63) is 265 Å². The van der Waals surface area contributed by atoms with Crippen LogP contribution in [0.1, 0.15) is 78.0 Å². The molecule has 398 valence electrons. The zero-order chi connectivity index (χ0) is 55.9. The summed E-state index contributed by atoms with van der Waals surface area (Å²) in [4.78, 5) is 5.43. The normalized spacial score (nSPS) is 12.9. The lowest BCUT2D eigenvalue weighted by molar-refractivity contribution is 0.590. The first-order chi connectivity index (χ1) is 39.9. The number of aromatic nitrogens is 1. The molecular weight excluding hydrogens is 990 g/mol. The van der Waals surface area contributed by atoms with Crippen molar-refractivity contribution in [2.45, 2.75) is 78.6 Å². The minimum atomic E-state index is -0.231. The number of para-hydroxylation sites is 3. The average Bonchev–Trinajstić information content (AvgIpc) is 0.982. The second-order valence-corrected chi connectivity index (χ2v) is 24.7. The lowest BCUT2D eigenvalue weighted by Crippen LogP contribution is -2.61. The van der Waals surface area contributed by atoms with Gasteiger partial charge >= 0.3 is 0 Å². The average molecular weight is 1060 g/mol. The molecule has 0 fully saturated rings. The van der Waals surface area contributed by atoms with Crippen LogP contribution in [0.5, 0.6) is 0 Å². The molecular formula is C78H68BN3. The quantitative estimate of drug-likeness (QED) is 0.126. The van der Waals surface area contributed by atoms with Gasteiger partial charge in [-0.3, -0.25) is 0 Å². The summed E-state index contributed by atoms with van der Waals surface area (Å²) < 4.78 is 2.50. The molecule has 0 spiro atoms. The maximum atomic E-state index is 2.72. The number of fused-ring (bicyclic) bond motifs is 7. The first kappa shape index (κ1) is 51.1. The van der Waals surface area contributed by atoms with Gasteiger partial charge in [-0.1, -0.05) is 249 Å². The fraction of sp³-hybridized carbons (Fsp3) is 0.154. The van der Waals surface area contributed by atoms with E-state index in [0.717, 1.165) is 24.9 Å². The van der Waals surface area contributed by atoms with Gasteiger partial charge in [-0.05, 0) is 139 Å². The van der Waals surface area contributed by atoms with Gasteiger partial charge in [0.1, 0.15) is 0 Å². The van der Waals surface area contributed by atoms with Crippen LogP contribution in [-0.2, 0) is 17.3 Å². The van der Waals surface area contributed by atoms with Crippen LogP contribution >= 0.6 is 0 Å². The molecule has 2 aliphatic rings. The lowest BCUT2D eigenvalue weighted by atomic mass is 9.33. The van der Waals surface area contributed by atoms with Crippen LogP contribution in [0, 0.1) is 0 Å². The fourth-order valence-electron chi connectivity index (χ4n) is 13.3. The highest BCUT2D eigenvalue weighted by Crippen LogP contribution is 2.54. The topological polar surface area (TPSA) is 11.4 Å². The minimum absolute atomic E-state index is 0.135. The van der Waals surface area contributed by atoms with E-state index in [2.05, 4.69) is 312 Å². The molecule has 4 heteroatoms. The Bertz CT molecular complexity index is 4280. The van der Waals surface area contributed by atoms with Crippen molar-refractivity contribution < 1.29 is 0 Å². The van der Waals surface area contributed by atoms with Gasteiger partial charge in [-0.25, -0.2) is 0 Å². The summed E-state index contributed by atoms with van der Waals surface area (Å²) in [6, 6.07) is 94.2. The molecule has 0 saturated carbocycles. The molecule has 3 heterocycles. The van der Waals surface area contributed by atoms with E-state index in [-0.39, 0.29) is 17.5 Å². The van der Waals surface area contributed by atoms with Crippen LogP contribution in [0.2, 0.25) is 0 Å². The van der Waals surface area contributed by atoms with E-state index in [1.54, 1.807) is 0 Å². The van der Waals surface area contributed by atoms with Gasteiger partial charge in [0.15, 0.2) is 0 Å². The van der Waals surface area contributed by atoms with Gasteiger partial charge in [0.25, 0.3) is 6.71 Å². The number of hydrogen-bond acceptors (Lipinski definition) is 2. The molecule has 0 aliphatic carbocycles. The molecule has 0 bridgehead atoms. The van der Waals surface area contributed by atoms with Crippen molar-refractivity contribution >= 4 is 79.0 Å². The number of benzene rings is 11. The molecule has 0 N–H and O–H groups in total. The number of aryl methyl sites for hydroxylation is 1. The molecule has 0 saturated heterocycles. The predicted octanol–water partition coefficient (Wildman–Crippen LogP) is 19.5. The van der Waals surface area contributed by atoms with Crippen molar-refractivity contribution in [1.82, 2.24) is 4.57 Å². The Morgan fingerprint density at radius 1 is 0.366 bits per heavy atom. The van der Waals surface area contributed by atoms with E-state index in [1.165, 1.54) is 134 Å². The summed E-state index contributed by atoms with van der Waals surface area (Å²) >= 11 is 0. The van der Waals surface area contributed by atoms with E-state index >= 15 is 0 Å². The first-order valence-corrected chi connectivity index (χ1v) is 29.5. The minimum Gasteiger partial charge on any atom is -0.311 e. The molecule has 3 nitrogen and oxygen atoms in total. The van der Waals surface area contributed by atoms with Gasteiger partial charge in [-0.15, -0.1) is 0 Å². The van der Waals surface area contributed by atoms with E-state index in [0.29, 0.717) is 0 Å². The standard InChI is InChI=1S/C78H68BN3/c1-8-9-27-56-36-26-39-61(53-30-16-11-17-31-53)75(56)81-70-45-42-57(52-28-14-10-15-29-52)46-67(70)79-66-44-43-60(80-68-40-24-22-37-62(68)63-38-23-25-41-69(63)80)51-71(66)82(73-50-59(78(5,6)7)49-72(81)74(73)79)76-64(54-32-18-12-19-33-54)47-58(77(2,3)4)48-65(76)55-34-20-13-21-35-55/h10-26,28-51H,8-9,27H2,1-7H3. The number of rotatable bonds is 10. The third kappa shape index (κ3) is 8.58. The van der Waals surface area contributed by atoms with Crippen LogP contribution in [0.4, 0.5) is 34.1 Å². The summed E-state index contributed by atoms with van der Waals surface area (Å²) in [5.41, 5.74) is 27.8. The molecule has 2 aliphatic heterocycles. The Balaban J connectivity index is 1.18. The van der Waals surface area contributed by atoms with E-state index in [4.69, 9.17) is 0 Å². The molecule has 0 atom stereocenters. The van der Waals surface area contributed by atoms with Crippen LogP contribution in [0.25, 0.3) is 72.0 Å². The molecule has 82 heavy (non-hydrogen) atoms. The summed E-state index contributed by atoms with van der Waals surface area (Å²) in [7, 11) is 0. The number of unbranched alkanes of at least 4 members (excludes halogenated alkanes) is 1. The maximum absolute atomic E-state index is 2.72. The smallest absolute Gasteiger partial charge is 0.252 e. The Labute approximate surface area is 484 Å². The van der Waals surface area contributed by atoms with E-state index < -0.39 is 0 Å². The molecule has 11 aromatic carbocycles. The number of anilines is 6. The molecule has 14 rings (SSSR count). The van der Waals surface area contributed by atoms with Crippen molar-refractivity contribution in [2.24, 2.45) is 0 Å². The fourth-order valence-corrected chi connectivity index (χ4v) is 13.3. The molecule has 1 aromatic heterocycles. The van der Waals surface area contributed by atoms with Gasteiger partial charge < -0.3 is 14.4 Å². The zero-order valence-electron chi connectivity index (χ0n) is 48.2. The van der Waals surface area contributed by atoms with Crippen molar-refractivity contribution in [3.8, 4) is 50.2 Å². The summed E-state index contributed by atoms with van der Waals surface area (Å²) in [5.74, 6) is 0. The highest BCUT2D eigenvalue weighted by Gasteiger charge is 2.46. The zero-order valence-corrected chi connectivity index (χ0v) is 48.2. The number of hydrogen-bond donors (Lipinski definition) is 0. The van der Waals surface area contributed by atoms with Crippen LogP contribution in [0.3, 0.4) is 0 Å². The van der Waals surface area contributed by atoms with Crippen LogP contribution in [0.15, 0.2) is 249 Å². The third-order valence-electron chi connectivity index (χ3n) is 17.5. The highest BCUT2D eigenvalue weighted by atomic mass is 15.2. The largest absolute Gasteiger partial charge is 0.311 e. The molecule has 0 radical (unpaired) electrons. The summed E-state index contributed by atoms with van der Waals surface area (Å²) in [6.07, 6.45) is 3.16. The van der Waals surface area contributed by atoms with Crippen LogP contribution < -0.4 is 26.2 Å². The Morgan fingerprint density at radius 2 is 0.866 bits per heavy atom. The van der Waals surface area contributed by atoms with Gasteiger partial charge in [0.2, 0.25) is 0 Å². The highest BCUT2D eigenvalue weighted by molar-refractivity contribution is 7.00. The molecule has 12 aromatic rings. The lowest BCUT2D eigenvalue weighted by Gasteiger charge is -2.46. The molecule has 0 unspecified atom stereocenters. The first-order valence-electron chi connectivity index (χ1n) is 29.5. The second kappa shape index (κ2) is 20.2. The Hall–Kier alpha value is -9.12. The summed E-state index contributed by atoms with van der Waals surface area (Å²) in [5, 5.41) is 2.49. The third-order valence-corrected chi connectivity index (χ3v) is 17.5. The van der Waals surface area contributed by atoms with Crippen molar-refractivity contribution in [2.75, 3.05) is 9.80 Å². The summed E-state index contributed by atoms with van der Waals surface area (Å²) in [6.45, 7) is 16.4. The Morgan fingerprint density at radius 3 is 1.41 bits per heavy atom. The Kier molecular flexibility index (Phi) is 12.5. The van der Waals surface area contributed by atoms with Crippen molar-refractivity contribution in [3.63, 3.8) is 0 Å². The van der Waals surface area contributed by atoms with Gasteiger partial charge in [0.05, 0.1) is 22.4 Å². The number of nitrogens with zero attached hydrogens (tertiary/aromatic N) is 3. The van der Waals surface area contributed by atoms with Gasteiger partial charge in [-0.2, -0.15) is 0 Å². The SMILES string of the molecule is CCCCc1cccc(-c2ccccc2)c1N1c2ccc(-c3ccccc3)cc2B2c3ccc(-n4c5ccccc5c5ccccc54)cc3N(c3c(-c4ccccc4)cc(C(C)(C)C)cc3-c3ccccc3)c3cc(C(C)(C)C)cc1c32. The second-order valence-electron chi connectivity index (χ2n) is 24.7. The van der Waals surface area contributed by atoms with Crippen molar-refractivity contribution in [1.29, 1.82) is 0 Å². The van der Waals surface area contributed by atoms with E-state index in [9.17, 15) is 0 Å². The predicted molar refractivity (Wildman–Crippen MR) is 353 cm³/mol. The van der Waals surface area contributed by atoms with E-state index in [1.807, 2.05) is 0 Å². The maximum Gasteiger partial charge on any atom is 0.252 e. The van der Waals surface area contributed by atoms with Gasteiger partial charge in [0, 0.05) is 55.9 Å². The van der Waals surface area contributed by atoms with Crippen LogP contribution in [-0.4, -0.2) is 11.3 Å². The monoisotopic (exact) mass is 1060 g/mol.